The molecule has 0 fully saturated rings. The highest BCUT2D eigenvalue weighted by atomic mass is 19.1. The lowest BCUT2D eigenvalue weighted by Crippen LogP contribution is -2.65. The van der Waals surface area contributed by atoms with Crippen molar-refractivity contribution in [3.63, 3.8) is 0 Å². The minimum atomic E-state index is -0.512. The van der Waals surface area contributed by atoms with E-state index in [9.17, 15) is 14.4 Å². The molecule has 156 valence electrons. The fourth-order valence-electron chi connectivity index (χ4n) is 2.41. The van der Waals surface area contributed by atoms with Crippen LogP contribution in [0.2, 0.25) is 0 Å². The summed E-state index contributed by atoms with van der Waals surface area (Å²) in [7, 11) is 0. The van der Waals surface area contributed by atoms with E-state index in [2.05, 4.69) is 16.4 Å². The highest BCUT2D eigenvalue weighted by Crippen LogP contribution is 2.24. The third-order valence-corrected chi connectivity index (χ3v) is 3.84. The Hall–Kier alpha value is -3.66. The number of nitrogens with one attached hydrogen (secondary N) is 2. The molecular weight excluding hydrogens is 383 g/mol. The SMILES string of the molecule is CC(C=C(N)C(=O)Nc1ccc(OCC(C)(C)C)c(C#N)c1)=[NH+]c1ccc(F)cc1. The standard InChI is InChI=1S/C23H25FN4O2/c1-15(27-18-7-5-17(24)6-8-18)11-20(26)22(29)28-19-9-10-21(16(12-19)13-25)30-14-23(2,3)4/h5-12H,14,26H2,1-4H3,(H,28,29)/p+1. The van der Waals surface area contributed by atoms with Gasteiger partial charge in [0, 0.05) is 30.8 Å². The number of hydrogen-bond donors (Lipinski definition) is 3. The zero-order chi connectivity index (χ0) is 22.3. The molecule has 2 aromatic rings. The topological polar surface area (TPSA) is 102 Å². The monoisotopic (exact) mass is 409 g/mol. The molecule has 0 radical (unpaired) electrons. The van der Waals surface area contributed by atoms with Crippen molar-refractivity contribution in [1.29, 1.82) is 5.26 Å². The Balaban J connectivity index is 2.09. The Labute approximate surface area is 175 Å². The molecule has 0 aliphatic heterocycles. The summed E-state index contributed by atoms with van der Waals surface area (Å²) in [5.41, 5.74) is 7.84. The maximum atomic E-state index is 13.0. The van der Waals surface area contributed by atoms with Gasteiger partial charge in [-0.25, -0.2) is 9.38 Å². The summed E-state index contributed by atoms with van der Waals surface area (Å²) in [6.07, 6.45) is 1.48. The molecule has 0 saturated carbocycles. The number of benzene rings is 2. The van der Waals surface area contributed by atoms with Crippen LogP contribution in [0.3, 0.4) is 0 Å². The number of halogens is 1. The molecule has 30 heavy (non-hydrogen) atoms. The molecule has 0 spiro atoms. The Morgan fingerprint density at radius 1 is 1.27 bits per heavy atom. The van der Waals surface area contributed by atoms with Crippen LogP contribution in [0.25, 0.3) is 0 Å². The summed E-state index contributed by atoms with van der Waals surface area (Å²) in [5.74, 6) is -0.386. The summed E-state index contributed by atoms with van der Waals surface area (Å²) in [6, 6.07) is 12.7. The van der Waals surface area contributed by atoms with Crippen molar-refractivity contribution in [3.05, 3.63) is 65.6 Å². The minimum Gasteiger partial charge on any atom is -0.492 e. The molecule has 0 aromatic heterocycles. The van der Waals surface area contributed by atoms with E-state index >= 15 is 0 Å². The van der Waals surface area contributed by atoms with Gasteiger partial charge in [0.05, 0.1) is 12.2 Å². The van der Waals surface area contributed by atoms with Crippen LogP contribution in [-0.2, 0) is 4.79 Å². The maximum Gasteiger partial charge on any atom is 0.271 e. The fourth-order valence-corrected chi connectivity index (χ4v) is 2.41. The second-order valence-corrected chi connectivity index (χ2v) is 8.04. The van der Waals surface area contributed by atoms with Gasteiger partial charge in [-0.15, -0.1) is 0 Å². The van der Waals surface area contributed by atoms with Crippen molar-refractivity contribution in [2.24, 2.45) is 11.1 Å². The van der Waals surface area contributed by atoms with Crippen molar-refractivity contribution in [2.75, 3.05) is 11.9 Å². The summed E-state index contributed by atoms with van der Waals surface area (Å²) >= 11 is 0. The Morgan fingerprint density at radius 2 is 1.93 bits per heavy atom. The van der Waals surface area contributed by atoms with E-state index in [1.54, 1.807) is 31.2 Å². The van der Waals surface area contributed by atoms with Crippen molar-refractivity contribution in [2.45, 2.75) is 27.7 Å². The molecule has 4 N–H and O–H groups in total. The van der Waals surface area contributed by atoms with Gasteiger partial charge < -0.3 is 15.8 Å². The number of ether oxygens (including phenoxy) is 1. The third-order valence-electron chi connectivity index (χ3n) is 3.84. The minimum absolute atomic E-state index is 0.0197. The van der Waals surface area contributed by atoms with Gasteiger partial charge in [0.15, 0.2) is 5.71 Å². The van der Waals surface area contributed by atoms with E-state index in [4.69, 9.17) is 10.5 Å². The van der Waals surface area contributed by atoms with Crippen LogP contribution < -0.4 is 20.8 Å². The first-order valence-corrected chi connectivity index (χ1v) is 9.39. The number of carbonyl (C=O) groups is 1. The van der Waals surface area contributed by atoms with Crippen molar-refractivity contribution in [3.8, 4) is 11.8 Å². The third kappa shape index (κ3) is 7.06. The predicted molar refractivity (Wildman–Crippen MR) is 115 cm³/mol. The number of anilines is 1. The van der Waals surface area contributed by atoms with E-state index in [1.807, 2.05) is 20.8 Å². The molecule has 0 heterocycles. The number of carbonyl (C=O) groups excluding carboxylic acids is 1. The van der Waals surface area contributed by atoms with Crippen LogP contribution in [0, 0.1) is 22.6 Å². The molecular formula is C23H26FN4O2+. The highest BCUT2D eigenvalue weighted by Gasteiger charge is 2.14. The van der Waals surface area contributed by atoms with Gasteiger partial charge in [0.25, 0.3) is 5.91 Å². The van der Waals surface area contributed by atoms with Crippen LogP contribution in [0.4, 0.5) is 15.8 Å². The molecule has 0 unspecified atom stereocenters. The highest BCUT2D eigenvalue weighted by molar-refractivity contribution is 6.07. The summed E-state index contributed by atoms with van der Waals surface area (Å²) in [4.78, 5) is 15.4. The lowest BCUT2D eigenvalue weighted by Gasteiger charge is -2.19. The van der Waals surface area contributed by atoms with Gasteiger partial charge in [-0.2, -0.15) is 5.26 Å². The number of amides is 1. The van der Waals surface area contributed by atoms with Crippen molar-refractivity contribution in [1.82, 2.24) is 0 Å². The van der Waals surface area contributed by atoms with Gasteiger partial charge in [-0.05, 0) is 35.7 Å². The van der Waals surface area contributed by atoms with Gasteiger partial charge >= 0.3 is 0 Å². The van der Waals surface area contributed by atoms with Gasteiger partial charge in [-0.3, -0.25) is 4.79 Å². The number of rotatable bonds is 6. The average Bonchev–Trinajstić information content (AvgIpc) is 2.67. The van der Waals surface area contributed by atoms with E-state index in [0.29, 0.717) is 35.0 Å². The van der Waals surface area contributed by atoms with Crippen LogP contribution in [-0.4, -0.2) is 18.2 Å². The molecule has 7 heteroatoms. The summed E-state index contributed by atoms with van der Waals surface area (Å²) < 4.78 is 18.7. The number of nitriles is 1. The zero-order valence-electron chi connectivity index (χ0n) is 17.5. The van der Waals surface area contributed by atoms with Crippen molar-refractivity contribution < 1.29 is 18.9 Å². The van der Waals surface area contributed by atoms with Crippen molar-refractivity contribution >= 4 is 23.0 Å². The van der Waals surface area contributed by atoms with Crippen LogP contribution in [0.1, 0.15) is 33.3 Å². The van der Waals surface area contributed by atoms with Crippen LogP contribution in [0.5, 0.6) is 5.75 Å². The molecule has 0 saturated heterocycles. The normalized spacial score (nSPS) is 12.3. The Bertz CT molecular complexity index is 1010. The molecule has 0 aliphatic carbocycles. The second kappa shape index (κ2) is 9.70. The Kier molecular flexibility index (Phi) is 7.32. The Morgan fingerprint density at radius 3 is 2.53 bits per heavy atom. The smallest absolute Gasteiger partial charge is 0.271 e. The van der Waals surface area contributed by atoms with Gasteiger partial charge in [0.1, 0.15) is 23.3 Å². The second-order valence-electron chi connectivity index (χ2n) is 8.04. The number of allylic oxidation sites excluding steroid dienone is 1. The zero-order valence-corrected chi connectivity index (χ0v) is 17.5. The molecule has 2 rings (SSSR count). The molecule has 0 atom stereocenters. The maximum absolute atomic E-state index is 13.0. The van der Waals surface area contributed by atoms with E-state index in [1.165, 1.54) is 24.3 Å². The summed E-state index contributed by atoms with van der Waals surface area (Å²) in [5, 5.41) is 12.0. The fraction of sp³-hybridized carbons (Fsp3) is 0.261. The number of nitrogens with two attached hydrogens (primary N) is 1. The average molecular weight is 409 g/mol. The van der Waals surface area contributed by atoms with Crippen LogP contribution >= 0.6 is 0 Å². The van der Waals surface area contributed by atoms with Gasteiger partial charge in [0.2, 0.25) is 5.69 Å². The lowest BCUT2D eigenvalue weighted by molar-refractivity contribution is -0.353. The lowest BCUT2D eigenvalue weighted by atomic mass is 9.98. The largest absolute Gasteiger partial charge is 0.492 e. The molecule has 2 aromatic carbocycles. The molecule has 6 nitrogen and oxygen atoms in total. The molecule has 0 bridgehead atoms. The quantitative estimate of drug-likeness (QED) is 0.504. The van der Waals surface area contributed by atoms with E-state index < -0.39 is 5.91 Å². The number of hydrogen-bond acceptors (Lipinski definition) is 4. The number of nitrogens with zero attached hydrogens (tertiary/aromatic N) is 1. The molecule has 0 aliphatic rings. The predicted octanol–water partition coefficient (Wildman–Crippen LogP) is 2.78. The first kappa shape index (κ1) is 22.6. The first-order chi connectivity index (χ1) is 14.1. The van der Waals surface area contributed by atoms with E-state index in [0.717, 1.165) is 0 Å². The summed E-state index contributed by atoms with van der Waals surface area (Å²) in [6.45, 7) is 8.30. The van der Waals surface area contributed by atoms with E-state index in [-0.39, 0.29) is 16.9 Å². The first-order valence-electron chi connectivity index (χ1n) is 9.39. The van der Waals surface area contributed by atoms with Gasteiger partial charge in [-0.1, -0.05) is 20.8 Å². The van der Waals surface area contributed by atoms with Crippen LogP contribution in [0.15, 0.2) is 54.2 Å². The molecule has 1 amide bonds.